The topological polar surface area (TPSA) is 55.8 Å². The minimum absolute atomic E-state index is 0.748. The molecule has 0 saturated heterocycles. The van der Waals surface area contributed by atoms with Crippen LogP contribution in [0.25, 0.3) is 164 Å². The maximum absolute atomic E-state index is 6.99. The van der Waals surface area contributed by atoms with Crippen LogP contribution in [0.3, 0.4) is 0 Å². The van der Waals surface area contributed by atoms with E-state index >= 15 is 0 Å². The monoisotopic (exact) mass is 1240 g/mol. The molecule has 7 heteroatoms. The number of rotatable bonds is 8. The minimum atomic E-state index is 0.748. The Kier molecular flexibility index (Phi) is 11.2. The van der Waals surface area contributed by atoms with Gasteiger partial charge in [0.15, 0.2) is 0 Å². The Balaban J connectivity index is 0.729. The zero-order valence-corrected chi connectivity index (χ0v) is 52.9. The second-order valence-corrected chi connectivity index (χ2v) is 26.0. The van der Waals surface area contributed by atoms with Crippen LogP contribution in [0.5, 0.6) is 0 Å². The fourth-order valence-corrected chi connectivity index (χ4v) is 16.3. The van der Waals surface area contributed by atoms with Gasteiger partial charge in [-0.15, -0.1) is 0 Å². The Morgan fingerprint density at radius 3 is 0.990 bits per heavy atom. The summed E-state index contributed by atoms with van der Waals surface area (Å²) in [6, 6.07) is 110. The Morgan fingerprint density at radius 2 is 0.577 bits per heavy atom. The second-order valence-electron chi connectivity index (χ2n) is 26.0. The third-order valence-electron chi connectivity index (χ3n) is 20.6. The summed E-state index contributed by atoms with van der Waals surface area (Å²) in [5, 5.41) is 20.6. The van der Waals surface area contributed by atoms with Crippen molar-refractivity contribution in [2.45, 2.75) is 13.8 Å². The van der Waals surface area contributed by atoms with Gasteiger partial charge < -0.3 is 32.2 Å². The van der Waals surface area contributed by atoms with Gasteiger partial charge >= 0.3 is 0 Å². The van der Waals surface area contributed by atoms with Gasteiger partial charge in [0.1, 0.15) is 33.5 Å². The van der Waals surface area contributed by atoms with Crippen molar-refractivity contribution in [3.8, 4) is 11.4 Å². The zero-order chi connectivity index (χ0) is 63.7. The summed E-state index contributed by atoms with van der Waals surface area (Å²) >= 11 is 0. The van der Waals surface area contributed by atoms with Gasteiger partial charge in [-0.3, -0.25) is 0 Å². The first kappa shape index (κ1) is 53.6. The molecule has 21 aromatic rings. The van der Waals surface area contributed by atoms with E-state index < -0.39 is 0 Å². The smallest absolute Gasteiger partial charge is 0.139 e. The van der Waals surface area contributed by atoms with Crippen molar-refractivity contribution in [1.82, 2.24) is 9.13 Å². The first-order chi connectivity index (χ1) is 47.9. The first-order valence-electron chi connectivity index (χ1n) is 33.2. The van der Waals surface area contributed by atoms with Gasteiger partial charge in [0.05, 0.1) is 33.4 Å². The number of para-hydroxylation sites is 4. The highest BCUT2D eigenvalue weighted by atomic mass is 16.3. The van der Waals surface area contributed by atoms with E-state index in [9.17, 15) is 0 Å². The highest BCUT2D eigenvalue weighted by molar-refractivity contribution is 6.33. The van der Waals surface area contributed by atoms with Crippen LogP contribution < -0.4 is 9.80 Å². The molecule has 0 aliphatic carbocycles. The molecule has 0 unspecified atom stereocenters. The summed E-state index contributed by atoms with van der Waals surface area (Å²) < 4.78 is 25.8. The molecular formula is C90H56N4O3. The first-order valence-corrected chi connectivity index (χ1v) is 33.2. The predicted octanol–water partition coefficient (Wildman–Crippen LogP) is 25.7. The molecule has 0 amide bonds. The predicted molar refractivity (Wildman–Crippen MR) is 406 cm³/mol. The summed E-state index contributed by atoms with van der Waals surface area (Å²) in [7, 11) is 0. The molecule has 0 bridgehead atoms. The molecule has 21 rings (SSSR count). The van der Waals surface area contributed by atoms with Crippen LogP contribution in [-0.4, -0.2) is 9.13 Å². The van der Waals surface area contributed by atoms with Gasteiger partial charge in [-0.1, -0.05) is 182 Å². The van der Waals surface area contributed by atoms with Crippen LogP contribution >= 0.6 is 0 Å². The fraction of sp³-hybridized carbons (Fsp3) is 0.0222. The van der Waals surface area contributed by atoms with Crippen LogP contribution in [0.15, 0.2) is 317 Å². The molecule has 0 atom stereocenters. The van der Waals surface area contributed by atoms with Gasteiger partial charge in [0.25, 0.3) is 0 Å². The fourth-order valence-electron chi connectivity index (χ4n) is 16.3. The van der Waals surface area contributed by atoms with Crippen molar-refractivity contribution in [2.24, 2.45) is 0 Å². The average Bonchev–Trinajstić information content (AvgIpc) is 1.56. The normalized spacial score (nSPS) is 12.2. The summed E-state index contributed by atoms with van der Waals surface area (Å²) in [6.45, 7) is 4.43. The van der Waals surface area contributed by atoms with Crippen LogP contribution in [-0.2, 0) is 0 Å². The van der Waals surface area contributed by atoms with Crippen molar-refractivity contribution in [1.29, 1.82) is 0 Å². The van der Waals surface area contributed by atoms with Gasteiger partial charge in [0, 0.05) is 112 Å². The third kappa shape index (κ3) is 7.79. The van der Waals surface area contributed by atoms with E-state index in [2.05, 4.69) is 336 Å². The molecule has 0 saturated carbocycles. The second kappa shape index (κ2) is 20.3. The van der Waals surface area contributed by atoms with Crippen molar-refractivity contribution in [2.75, 3.05) is 9.80 Å². The van der Waals surface area contributed by atoms with Gasteiger partial charge in [0.2, 0.25) is 0 Å². The molecule has 97 heavy (non-hydrogen) atoms. The number of furan rings is 3. The molecule has 0 fully saturated rings. The largest absolute Gasteiger partial charge is 0.456 e. The van der Waals surface area contributed by atoms with Crippen molar-refractivity contribution in [3.05, 3.63) is 314 Å². The van der Waals surface area contributed by atoms with Crippen LogP contribution in [0.4, 0.5) is 34.1 Å². The zero-order valence-electron chi connectivity index (χ0n) is 52.9. The summed E-state index contributed by atoms with van der Waals surface area (Å²) in [5.74, 6) is 0. The van der Waals surface area contributed by atoms with Crippen LogP contribution in [0, 0.1) is 13.8 Å². The summed E-state index contributed by atoms with van der Waals surface area (Å²) in [4.78, 5) is 4.82. The van der Waals surface area contributed by atoms with E-state index in [1.807, 2.05) is 0 Å². The van der Waals surface area contributed by atoms with Crippen molar-refractivity contribution in [3.63, 3.8) is 0 Å². The van der Waals surface area contributed by atoms with E-state index in [0.29, 0.717) is 0 Å². The highest BCUT2D eigenvalue weighted by Crippen LogP contribution is 2.52. The number of anilines is 6. The molecule has 454 valence electrons. The standard InChI is InChI=1S/C90H56N4O3/c1-53-21-9-19-35-73(53)93-75-43-37-55-23-11-15-31-63(55)85(75)87-65-33-17-13-25-57(65)45-77(89(87)93)91(59-27-5-3-6-28-59)61-39-41-67-69-49-71-72-50-70-68-42-40-62(48-80(68)96-82(70)52-84(72)97-83(71)51-81(69)95-79(67)47-61)92(60-29-7-4-8-30-60)78-46-58-26-14-18-34-66(58)88-86-64-32-16-12-24-56(64)38-44-76(86)94(90(78)88)74-36-20-10-22-54(74)2/h3-52H,1-2H3. The lowest BCUT2D eigenvalue weighted by atomic mass is 9.98. The number of benzene rings is 16. The maximum atomic E-state index is 6.99. The molecule has 5 heterocycles. The molecule has 5 aromatic heterocycles. The maximum Gasteiger partial charge on any atom is 0.139 e. The van der Waals surface area contributed by atoms with E-state index in [0.717, 1.165) is 144 Å². The summed E-state index contributed by atoms with van der Waals surface area (Å²) in [5.41, 5.74) is 20.0. The number of hydrogen-bond acceptors (Lipinski definition) is 5. The molecular weight excluding hydrogens is 1190 g/mol. The lowest BCUT2D eigenvalue weighted by Gasteiger charge is -2.28. The number of aryl methyl sites for hydroxylation is 2. The van der Waals surface area contributed by atoms with E-state index in [1.165, 1.54) is 65.0 Å². The molecule has 0 N–H and O–H groups in total. The minimum Gasteiger partial charge on any atom is -0.456 e. The van der Waals surface area contributed by atoms with Crippen LogP contribution in [0.1, 0.15) is 11.1 Å². The van der Waals surface area contributed by atoms with Crippen molar-refractivity contribution >= 4 is 187 Å². The van der Waals surface area contributed by atoms with Crippen LogP contribution in [0.2, 0.25) is 0 Å². The Bertz CT molecular complexity index is 6510. The third-order valence-corrected chi connectivity index (χ3v) is 20.6. The SMILES string of the molecule is Cc1ccccc1-n1c2ccc3ccccc3c2c2c3ccccc3cc(N(c3ccccc3)c3ccc4c(c3)oc3cc5oc6cc7oc8cc(N(c9ccccc9)c9cc%10ccccc%10c%10c%11c%12ccccc%12ccc%11n(-c%11ccccc%11C)c9%10)ccc8c7cc6c5cc34)c21. The van der Waals surface area contributed by atoms with E-state index in [-0.39, 0.29) is 0 Å². The molecule has 0 aliphatic heterocycles. The average molecular weight is 1240 g/mol. The van der Waals surface area contributed by atoms with E-state index in [4.69, 9.17) is 13.3 Å². The molecule has 7 nitrogen and oxygen atoms in total. The Labute approximate surface area is 555 Å². The van der Waals surface area contributed by atoms with Gasteiger partial charge in [-0.25, -0.2) is 0 Å². The molecule has 16 aromatic carbocycles. The Hall–Kier alpha value is -12.8. The molecule has 0 aliphatic rings. The highest BCUT2D eigenvalue weighted by Gasteiger charge is 2.29. The number of fused-ring (bicyclic) bond motifs is 23. The van der Waals surface area contributed by atoms with Gasteiger partial charge in [-0.05, 0) is 165 Å². The lowest BCUT2D eigenvalue weighted by molar-refractivity contribution is 0.651. The van der Waals surface area contributed by atoms with E-state index in [1.54, 1.807) is 0 Å². The number of aromatic nitrogens is 2. The Morgan fingerprint density at radius 1 is 0.237 bits per heavy atom. The molecule has 0 radical (unpaired) electrons. The van der Waals surface area contributed by atoms with Gasteiger partial charge in [-0.2, -0.15) is 0 Å². The number of nitrogens with zero attached hydrogens (tertiary/aromatic N) is 4. The molecule has 0 spiro atoms. The van der Waals surface area contributed by atoms with Crippen molar-refractivity contribution < 1.29 is 13.3 Å². The quantitative estimate of drug-likeness (QED) is 0.152. The summed E-state index contributed by atoms with van der Waals surface area (Å²) in [6.07, 6.45) is 0. The lowest BCUT2D eigenvalue weighted by Crippen LogP contribution is -2.12. The number of hydrogen-bond donors (Lipinski definition) is 0.